The Balaban J connectivity index is 1.48. The van der Waals surface area contributed by atoms with Crippen LogP contribution >= 0.6 is 0 Å². The van der Waals surface area contributed by atoms with Crippen LogP contribution in [0.25, 0.3) is 10.8 Å². The summed E-state index contributed by atoms with van der Waals surface area (Å²) in [5, 5.41) is 8.18. The number of quaternary nitrogens is 1. The number of methoxy groups -OCH3 is 1. The summed E-state index contributed by atoms with van der Waals surface area (Å²) in [5.41, 5.74) is 1.75. The van der Waals surface area contributed by atoms with Crippen molar-refractivity contribution < 1.29 is 19.2 Å². The van der Waals surface area contributed by atoms with E-state index in [-0.39, 0.29) is 30.9 Å². The lowest BCUT2D eigenvalue weighted by molar-refractivity contribution is -0.862. The van der Waals surface area contributed by atoms with Crippen molar-refractivity contribution in [3.05, 3.63) is 72.3 Å². The van der Waals surface area contributed by atoms with Gasteiger partial charge in [-0.05, 0) is 53.6 Å². The van der Waals surface area contributed by atoms with Gasteiger partial charge in [0.05, 0.1) is 20.2 Å². The maximum absolute atomic E-state index is 12.4. The van der Waals surface area contributed by atoms with Crippen LogP contribution in [0.2, 0.25) is 0 Å². The number of likely N-dealkylation sites (N-methyl/N-ethyl adjacent to an activating group) is 1. The number of hydrogen-bond donors (Lipinski definition) is 3. The average Bonchev–Trinajstić information content (AvgIpc) is 2.73. The zero-order valence-corrected chi connectivity index (χ0v) is 17.6. The lowest BCUT2D eigenvalue weighted by Gasteiger charge is -2.18. The summed E-state index contributed by atoms with van der Waals surface area (Å²) in [5.74, 6) is 0.492. The highest BCUT2D eigenvalue weighted by molar-refractivity contribution is 5.91. The van der Waals surface area contributed by atoms with Crippen LogP contribution in [0.3, 0.4) is 0 Å². The van der Waals surface area contributed by atoms with Crippen molar-refractivity contribution in [1.29, 1.82) is 0 Å². The molecule has 30 heavy (non-hydrogen) atoms. The zero-order chi connectivity index (χ0) is 21.5. The Hall–Kier alpha value is -3.38. The molecule has 1 unspecified atom stereocenters. The molecule has 3 rings (SSSR count). The van der Waals surface area contributed by atoms with Gasteiger partial charge in [0.1, 0.15) is 5.75 Å². The number of carbonyl (C=O) groups is 2. The fraction of sp³-hybridized carbons (Fsp3) is 0.250. The number of nitrogens with one attached hydrogen (secondary N) is 3. The van der Waals surface area contributed by atoms with E-state index < -0.39 is 0 Å². The van der Waals surface area contributed by atoms with E-state index in [1.54, 1.807) is 31.4 Å². The van der Waals surface area contributed by atoms with Crippen molar-refractivity contribution in [1.82, 2.24) is 5.32 Å². The number of hydrogen-bond acceptors (Lipinski definition) is 3. The Labute approximate surface area is 176 Å². The third-order valence-corrected chi connectivity index (χ3v) is 4.95. The minimum absolute atomic E-state index is 0.0922. The number of anilines is 1. The topological polar surface area (TPSA) is 71.9 Å². The molecule has 0 saturated heterocycles. The van der Waals surface area contributed by atoms with Gasteiger partial charge in [-0.25, -0.2) is 0 Å². The van der Waals surface area contributed by atoms with Crippen LogP contribution in [0.1, 0.15) is 18.5 Å². The normalized spacial score (nSPS) is 12.8. The van der Waals surface area contributed by atoms with Gasteiger partial charge in [0.25, 0.3) is 11.8 Å². The van der Waals surface area contributed by atoms with E-state index in [9.17, 15) is 9.59 Å². The first-order valence-corrected chi connectivity index (χ1v) is 9.98. The van der Waals surface area contributed by atoms with Crippen molar-refractivity contribution in [3.63, 3.8) is 0 Å². The summed E-state index contributed by atoms with van der Waals surface area (Å²) >= 11 is 0. The molecule has 0 aliphatic carbocycles. The largest absolute Gasteiger partial charge is 0.497 e. The van der Waals surface area contributed by atoms with Crippen molar-refractivity contribution >= 4 is 28.3 Å². The van der Waals surface area contributed by atoms with Gasteiger partial charge < -0.3 is 20.3 Å². The SMILES string of the molecule is COc1ccc(NC(=O)C[NH+](C)CC(=O)N[C@@H](C)c2ccc3ccccc3c2)cc1. The van der Waals surface area contributed by atoms with E-state index in [0.717, 1.165) is 21.6 Å². The summed E-state index contributed by atoms with van der Waals surface area (Å²) in [6, 6.07) is 21.4. The van der Waals surface area contributed by atoms with E-state index in [4.69, 9.17) is 4.74 Å². The van der Waals surface area contributed by atoms with Crippen molar-refractivity contribution in [2.75, 3.05) is 32.6 Å². The van der Waals surface area contributed by atoms with E-state index in [2.05, 4.69) is 34.9 Å². The zero-order valence-electron chi connectivity index (χ0n) is 17.6. The smallest absolute Gasteiger partial charge is 0.279 e. The number of benzene rings is 3. The van der Waals surface area contributed by atoms with E-state index >= 15 is 0 Å². The first-order valence-electron chi connectivity index (χ1n) is 9.98. The molecule has 0 fully saturated rings. The van der Waals surface area contributed by atoms with Crippen LogP contribution < -0.4 is 20.3 Å². The first kappa shape index (κ1) is 21.3. The molecule has 0 aliphatic heterocycles. The van der Waals surface area contributed by atoms with Crippen LogP contribution in [0.15, 0.2) is 66.7 Å². The molecule has 2 atom stereocenters. The van der Waals surface area contributed by atoms with E-state index in [1.807, 2.05) is 32.2 Å². The third-order valence-electron chi connectivity index (χ3n) is 4.95. The molecule has 6 heteroatoms. The number of rotatable bonds is 8. The third kappa shape index (κ3) is 5.81. The highest BCUT2D eigenvalue weighted by atomic mass is 16.5. The molecule has 0 aromatic heterocycles. The van der Waals surface area contributed by atoms with Crippen LogP contribution in [-0.2, 0) is 9.59 Å². The molecule has 2 amide bonds. The Morgan fingerprint density at radius 1 is 0.933 bits per heavy atom. The average molecular weight is 407 g/mol. The monoisotopic (exact) mass is 406 g/mol. The molecular weight excluding hydrogens is 378 g/mol. The number of ether oxygens (including phenoxy) is 1. The number of amides is 2. The van der Waals surface area contributed by atoms with Crippen LogP contribution in [-0.4, -0.2) is 39.1 Å². The number of fused-ring (bicyclic) bond motifs is 1. The minimum atomic E-state index is -0.145. The van der Waals surface area contributed by atoms with Crippen molar-refractivity contribution in [2.24, 2.45) is 0 Å². The lowest BCUT2D eigenvalue weighted by Crippen LogP contribution is -3.11. The summed E-state index contributed by atoms with van der Waals surface area (Å²) in [4.78, 5) is 25.5. The second-order valence-corrected chi connectivity index (χ2v) is 7.48. The van der Waals surface area contributed by atoms with Gasteiger partial charge in [-0.15, -0.1) is 0 Å². The van der Waals surface area contributed by atoms with E-state index in [1.165, 1.54) is 5.39 Å². The minimum Gasteiger partial charge on any atom is -0.497 e. The molecular formula is C24H28N3O3+. The summed E-state index contributed by atoms with van der Waals surface area (Å²) in [7, 11) is 3.42. The van der Waals surface area contributed by atoms with Gasteiger partial charge in [-0.3, -0.25) is 9.59 Å². The molecule has 0 aliphatic rings. The summed E-state index contributed by atoms with van der Waals surface area (Å²) < 4.78 is 5.11. The highest BCUT2D eigenvalue weighted by Crippen LogP contribution is 2.20. The molecule has 3 N–H and O–H groups in total. The highest BCUT2D eigenvalue weighted by Gasteiger charge is 2.17. The first-order chi connectivity index (χ1) is 14.4. The summed E-state index contributed by atoms with van der Waals surface area (Å²) in [6.45, 7) is 2.38. The lowest BCUT2D eigenvalue weighted by atomic mass is 10.0. The van der Waals surface area contributed by atoms with Crippen molar-refractivity contribution in [3.8, 4) is 5.75 Å². The molecule has 0 bridgehead atoms. The Bertz CT molecular complexity index is 1020. The van der Waals surface area contributed by atoms with Gasteiger partial charge in [-0.1, -0.05) is 36.4 Å². The molecule has 0 heterocycles. The molecule has 3 aromatic carbocycles. The fourth-order valence-corrected chi connectivity index (χ4v) is 3.34. The fourth-order valence-electron chi connectivity index (χ4n) is 3.34. The second-order valence-electron chi connectivity index (χ2n) is 7.48. The van der Waals surface area contributed by atoms with Crippen molar-refractivity contribution in [2.45, 2.75) is 13.0 Å². The Morgan fingerprint density at radius 3 is 2.30 bits per heavy atom. The maximum atomic E-state index is 12.4. The van der Waals surface area contributed by atoms with Gasteiger partial charge in [-0.2, -0.15) is 0 Å². The molecule has 0 saturated carbocycles. The Kier molecular flexibility index (Phi) is 7.03. The maximum Gasteiger partial charge on any atom is 0.279 e. The molecule has 3 aromatic rings. The quantitative estimate of drug-likeness (QED) is 0.537. The molecule has 6 nitrogen and oxygen atoms in total. The van der Waals surface area contributed by atoms with Gasteiger partial charge >= 0.3 is 0 Å². The van der Waals surface area contributed by atoms with Gasteiger partial charge in [0.2, 0.25) is 0 Å². The number of carbonyl (C=O) groups excluding carboxylic acids is 2. The standard InChI is InChI=1S/C24H27N3O3/c1-17(19-9-8-18-6-4-5-7-20(18)14-19)25-23(28)15-27(2)16-24(29)26-21-10-12-22(30-3)13-11-21/h4-14,17H,15-16H2,1-3H3,(H,25,28)(H,26,29)/p+1/t17-/m0/s1. The van der Waals surface area contributed by atoms with Crippen LogP contribution in [0, 0.1) is 0 Å². The van der Waals surface area contributed by atoms with Crippen LogP contribution in [0.5, 0.6) is 5.75 Å². The Morgan fingerprint density at radius 2 is 1.60 bits per heavy atom. The molecule has 0 radical (unpaired) electrons. The predicted octanol–water partition coefficient (Wildman–Crippen LogP) is 2.18. The van der Waals surface area contributed by atoms with Gasteiger partial charge in [0, 0.05) is 5.69 Å². The van der Waals surface area contributed by atoms with Crippen LogP contribution in [0.4, 0.5) is 5.69 Å². The molecule has 0 spiro atoms. The summed E-state index contributed by atoms with van der Waals surface area (Å²) in [6.07, 6.45) is 0. The second kappa shape index (κ2) is 9.89. The van der Waals surface area contributed by atoms with Gasteiger partial charge in [0.15, 0.2) is 13.1 Å². The van der Waals surface area contributed by atoms with E-state index in [0.29, 0.717) is 5.69 Å². The molecule has 156 valence electrons. The predicted molar refractivity (Wildman–Crippen MR) is 119 cm³/mol.